The second-order valence-electron chi connectivity index (χ2n) is 5.64. The summed E-state index contributed by atoms with van der Waals surface area (Å²) in [7, 11) is 1.41. The predicted molar refractivity (Wildman–Crippen MR) is 92.9 cm³/mol. The van der Waals surface area contributed by atoms with E-state index in [1.54, 1.807) is 37.4 Å². The second-order valence-corrected chi connectivity index (χ2v) is 5.64. The number of methoxy groups -OCH3 is 1. The van der Waals surface area contributed by atoms with Crippen molar-refractivity contribution in [2.75, 3.05) is 7.11 Å². The normalized spacial score (nSPS) is 11.8. The molecule has 0 fully saturated rings. The molecule has 1 heterocycles. The average Bonchev–Trinajstić information content (AvgIpc) is 3.16. The maximum Gasteiger partial charge on any atom is 0.251 e. The molecule has 0 aliphatic heterocycles. The van der Waals surface area contributed by atoms with Crippen molar-refractivity contribution in [2.45, 2.75) is 13.0 Å². The van der Waals surface area contributed by atoms with Crippen LogP contribution in [0.2, 0.25) is 0 Å². The van der Waals surface area contributed by atoms with E-state index in [9.17, 15) is 9.18 Å². The molecule has 0 aliphatic carbocycles. The molecule has 25 heavy (non-hydrogen) atoms. The number of aromatic amines is 1. The second kappa shape index (κ2) is 7.17. The van der Waals surface area contributed by atoms with Crippen LogP contribution in [-0.4, -0.2) is 23.2 Å². The van der Waals surface area contributed by atoms with Gasteiger partial charge in [0, 0.05) is 11.8 Å². The Morgan fingerprint density at radius 2 is 1.96 bits per heavy atom. The lowest BCUT2D eigenvalue weighted by Gasteiger charge is -2.15. The Bertz CT molecular complexity index is 861. The number of nitrogens with zero attached hydrogens (tertiary/aromatic N) is 1. The molecule has 3 rings (SSSR count). The summed E-state index contributed by atoms with van der Waals surface area (Å²) >= 11 is 0. The van der Waals surface area contributed by atoms with Gasteiger partial charge in [-0.3, -0.25) is 9.89 Å². The fraction of sp³-hybridized carbons (Fsp3) is 0.158. The summed E-state index contributed by atoms with van der Waals surface area (Å²) in [4.78, 5) is 12.4. The minimum absolute atomic E-state index is 0.177. The molecule has 6 heteroatoms. The van der Waals surface area contributed by atoms with Gasteiger partial charge in [-0.05, 0) is 48.4 Å². The van der Waals surface area contributed by atoms with E-state index in [0.717, 1.165) is 11.3 Å². The molecule has 0 bridgehead atoms. The van der Waals surface area contributed by atoms with Crippen molar-refractivity contribution in [1.29, 1.82) is 0 Å². The minimum Gasteiger partial charge on any atom is -0.494 e. The monoisotopic (exact) mass is 339 g/mol. The topological polar surface area (TPSA) is 67.0 Å². The first-order valence-corrected chi connectivity index (χ1v) is 7.82. The first-order chi connectivity index (χ1) is 12.1. The van der Waals surface area contributed by atoms with Gasteiger partial charge in [-0.25, -0.2) is 4.39 Å². The number of ether oxygens (including phenoxy) is 1. The van der Waals surface area contributed by atoms with Gasteiger partial charge in [0.25, 0.3) is 5.91 Å². The Balaban J connectivity index is 1.70. The molecule has 0 radical (unpaired) electrons. The van der Waals surface area contributed by atoms with E-state index in [0.29, 0.717) is 11.1 Å². The van der Waals surface area contributed by atoms with Crippen LogP contribution < -0.4 is 10.1 Å². The molecule has 0 saturated heterocycles. The van der Waals surface area contributed by atoms with Crippen LogP contribution in [0.15, 0.2) is 54.7 Å². The smallest absolute Gasteiger partial charge is 0.251 e. The van der Waals surface area contributed by atoms with E-state index in [4.69, 9.17) is 4.74 Å². The highest BCUT2D eigenvalue weighted by Crippen LogP contribution is 2.22. The Morgan fingerprint density at radius 1 is 1.20 bits per heavy atom. The molecule has 1 amide bonds. The van der Waals surface area contributed by atoms with E-state index in [1.165, 1.54) is 13.2 Å². The molecule has 5 nitrogen and oxygen atoms in total. The van der Waals surface area contributed by atoms with Crippen LogP contribution in [0.25, 0.3) is 11.3 Å². The van der Waals surface area contributed by atoms with Crippen molar-refractivity contribution in [3.63, 3.8) is 0 Å². The molecule has 128 valence electrons. The van der Waals surface area contributed by atoms with E-state index >= 15 is 0 Å². The lowest BCUT2D eigenvalue weighted by atomic mass is 10.1. The zero-order valence-corrected chi connectivity index (χ0v) is 13.9. The van der Waals surface area contributed by atoms with Crippen LogP contribution in [0.1, 0.15) is 28.9 Å². The molecular formula is C19H18FN3O2. The largest absolute Gasteiger partial charge is 0.494 e. The number of halogens is 1. The summed E-state index contributed by atoms with van der Waals surface area (Å²) in [5.41, 5.74) is 3.03. The van der Waals surface area contributed by atoms with Crippen LogP contribution in [-0.2, 0) is 0 Å². The number of amides is 1. The van der Waals surface area contributed by atoms with Gasteiger partial charge in [0.15, 0.2) is 11.6 Å². The molecular weight excluding hydrogens is 321 g/mol. The fourth-order valence-electron chi connectivity index (χ4n) is 2.53. The molecule has 0 saturated carbocycles. The average molecular weight is 339 g/mol. The van der Waals surface area contributed by atoms with Gasteiger partial charge in [0.1, 0.15) is 0 Å². The number of hydrogen-bond acceptors (Lipinski definition) is 3. The first kappa shape index (κ1) is 16.7. The van der Waals surface area contributed by atoms with Gasteiger partial charge in [-0.15, -0.1) is 0 Å². The summed E-state index contributed by atoms with van der Waals surface area (Å²) in [5.74, 6) is -0.499. The van der Waals surface area contributed by atoms with Crippen molar-refractivity contribution in [3.05, 3.63) is 71.7 Å². The zero-order valence-electron chi connectivity index (χ0n) is 13.9. The van der Waals surface area contributed by atoms with E-state index in [-0.39, 0.29) is 17.7 Å². The van der Waals surface area contributed by atoms with Crippen molar-refractivity contribution in [1.82, 2.24) is 15.5 Å². The van der Waals surface area contributed by atoms with Gasteiger partial charge in [0.05, 0.1) is 18.8 Å². The number of rotatable bonds is 5. The minimum atomic E-state index is -0.454. The quantitative estimate of drug-likeness (QED) is 0.744. The van der Waals surface area contributed by atoms with Gasteiger partial charge in [-0.1, -0.05) is 18.2 Å². The standard InChI is InChI=1S/C19H18FN3O2/c1-12(15-7-8-18(25-2)16(20)11-15)22-19(24)14-5-3-13(4-6-14)17-9-10-21-23-17/h3-12H,1-2H3,(H,21,23)(H,22,24)/t12-/m0/s1. The molecule has 2 N–H and O–H groups in total. The molecule has 1 aromatic heterocycles. The zero-order chi connectivity index (χ0) is 17.8. The van der Waals surface area contributed by atoms with Gasteiger partial charge < -0.3 is 10.1 Å². The van der Waals surface area contributed by atoms with Crippen molar-refractivity contribution < 1.29 is 13.9 Å². The lowest BCUT2D eigenvalue weighted by Crippen LogP contribution is -2.26. The number of carbonyl (C=O) groups is 1. The maximum absolute atomic E-state index is 13.8. The number of aromatic nitrogens is 2. The van der Waals surface area contributed by atoms with Crippen molar-refractivity contribution in [2.24, 2.45) is 0 Å². The maximum atomic E-state index is 13.8. The molecule has 0 aliphatic rings. The summed E-state index contributed by atoms with van der Waals surface area (Å²) in [6.45, 7) is 1.80. The number of hydrogen-bond donors (Lipinski definition) is 2. The SMILES string of the molecule is COc1ccc([C@H](C)NC(=O)c2ccc(-c3ccn[nH]3)cc2)cc1F. The van der Waals surface area contributed by atoms with Gasteiger partial charge in [0.2, 0.25) is 0 Å². The van der Waals surface area contributed by atoms with Gasteiger partial charge >= 0.3 is 0 Å². The third kappa shape index (κ3) is 3.68. The van der Waals surface area contributed by atoms with Crippen LogP contribution in [0.5, 0.6) is 5.75 Å². The fourth-order valence-corrected chi connectivity index (χ4v) is 2.53. The van der Waals surface area contributed by atoms with Crippen LogP contribution >= 0.6 is 0 Å². The summed E-state index contributed by atoms with van der Waals surface area (Å²) in [6.07, 6.45) is 1.67. The van der Waals surface area contributed by atoms with Crippen molar-refractivity contribution >= 4 is 5.91 Å². The Labute approximate surface area is 144 Å². The van der Waals surface area contributed by atoms with Crippen LogP contribution in [0, 0.1) is 5.82 Å². The van der Waals surface area contributed by atoms with Crippen LogP contribution in [0.4, 0.5) is 4.39 Å². The Morgan fingerprint density at radius 3 is 2.56 bits per heavy atom. The number of H-pyrrole nitrogens is 1. The van der Waals surface area contributed by atoms with Crippen molar-refractivity contribution in [3.8, 4) is 17.0 Å². The summed E-state index contributed by atoms with van der Waals surface area (Å²) < 4.78 is 18.7. The molecule has 3 aromatic rings. The Kier molecular flexibility index (Phi) is 4.79. The Hall–Kier alpha value is -3.15. The lowest BCUT2D eigenvalue weighted by molar-refractivity contribution is 0.0940. The third-order valence-electron chi connectivity index (χ3n) is 3.98. The number of benzene rings is 2. The molecule has 0 unspecified atom stereocenters. The summed E-state index contributed by atoms with van der Waals surface area (Å²) in [6, 6.07) is 13.3. The van der Waals surface area contributed by atoms with E-state index in [2.05, 4.69) is 15.5 Å². The highest BCUT2D eigenvalue weighted by Gasteiger charge is 2.14. The third-order valence-corrected chi connectivity index (χ3v) is 3.98. The number of nitrogens with one attached hydrogen (secondary N) is 2. The highest BCUT2D eigenvalue weighted by atomic mass is 19.1. The number of carbonyl (C=O) groups excluding carboxylic acids is 1. The predicted octanol–water partition coefficient (Wildman–Crippen LogP) is 3.72. The van der Waals surface area contributed by atoms with Crippen LogP contribution in [0.3, 0.4) is 0 Å². The summed E-state index contributed by atoms with van der Waals surface area (Å²) in [5, 5.41) is 9.64. The molecule has 0 spiro atoms. The first-order valence-electron chi connectivity index (χ1n) is 7.82. The molecule has 2 aromatic carbocycles. The molecule has 1 atom stereocenters. The van der Waals surface area contributed by atoms with E-state index in [1.807, 2.05) is 18.2 Å². The van der Waals surface area contributed by atoms with E-state index < -0.39 is 5.82 Å². The highest BCUT2D eigenvalue weighted by molar-refractivity contribution is 5.94. The van der Waals surface area contributed by atoms with Gasteiger partial charge in [-0.2, -0.15) is 5.10 Å².